The summed E-state index contributed by atoms with van der Waals surface area (Å²) in [4.78, 5) is 14.1. The highest BCUT2D eigenvalue weighted by Gasteiger charge is 2.20. The highest BCUT2D eigenvalue weighted by Crippen LogP contribution is 2.24. The van der Waals surface area contributed by atoms with Gasteiger partial charge in [-0.3, -0.25) is 0 Å². The van der Waals surface area contributed by atoms with Gasteiger partial charge in [-0.05, 0) is 51.3 Å². The van der Waals surface area contributed by atoms with Crippen molar-refractivity contribution in [3.8, 4) is 0 Å². The monoisotopic (exact) mass is 459 g/mol. The van der Waals surface area contributed by atoms with Crippen LogP contribution in [-0.4, -0.2) is 36.3 Å². The molecule has 34 heavy (non-hydrogen) atoms. The zero-order valence-corrected chi connectivity index (χ0v) is 20.2. The fourth-order valence-electron chi connectivity index (χ4n) is 4.12. The molecule has 0 aliphatic carbocycles. The van der Waals surface area contributed by atoms with Gasteiger partial charge in [-0.25, -0.2) is 4.98 Å². The van der Waals surface area contributed by atoms with E-state index in [1.165, 1.54) is 0 Å². The molecule has 0 saturated carbocycles. The molecule has 0 aliphatic heterocycles. The number of imidazole rings is 1. The molecule has 0 radical (unpaired) electrons. The lowest BCUT2D eigenvalue weighted by atomic mass is 10.0. The van der Waals surface area contributed by atoms with Crippen molar-refractivity contribution in [1.82, 2.24) is 19.5 Å². The van der Waals surface area contributed by atoms with E-state index in [-0.39, 0.29) is 6.04 Å². The normalized spacial score (nSPS) is 12.6. The number of hydrogen-bond donors (Lipinski definition) is 4. The Morgan fingerprint density at radius 1 is 1.12 bits per heavy atom. The van der Waals surface area contributed by atoms with E-state index >= 15 is 0 Å². The average Bonchev–Trinajstić information content (AvgIpc) is 3.16. The summed E-state index contributed by atoms with van der Waals surface area (Å²) in [6, 6.07) is 16.2. The van der Waals surface area contributed by atoms with Crippen LogP contribution in [0.2, 0.25) is 0 Å². The highest BCUT2D eigenvalue weighted by atomic mass is 16.3. The van der Waals surface area contributed by atoms with E-state index in [1.54, 1.807) is 20.2 Å². The number of aliphatic hydroxyl groups is 1. The van der Waals surface area contributed by atoms with Crippen molar-refractivity contribution in [1.29, 1.82) is 0 Å². The van der Waals surface area contributed by atoms with Gasteiger partial charge >= 0.3 is 0 Å². The Labute approximate surface area is 200 Å². The molecule has 1 atom stereocenters. The quantitative estimate of drug-likeness (QED) is 0.275. The van der Waals surface area contributed by atoms with Crippen molar-refractivity contribution < 1.29 is 5.11 Å². The summed E-state index contributed by atoms with van der Waals surface area (Å²) in [5, 5.41) is 17.0. The highest BCUT2D eigenvalue weighted by molar-refractivity contribution is 5.84. The lowest BCUT2D eigenvalue weighted by molar-refractivity contribution is 0.0672. The molecule has 2 heterocycles. The molecule has 178 valence electrons. The number of benzene rings is 2. The average molecular weight is 460 g/mol. The van der Waals surface area contributed by atoms with Gasteiger partial charge in [-0.15, -0.1) is 0 Å². The molecule has 1 unspecified atom stereocenters. The maximum Gasteiger partial charge on any atom is 0.226 e. The van der Waals surface area contributed by atoms with Gasteiger partial charge in [0.25, 0.3) is 0 Å². The molecule has 4 rings (SSSR count). The first-order valence-electron chi connectivity index (χ1n) is 11.5. The van der Waals surface area contributed by atoms with E-state index in [0.29, 0.717) is 36.8 Å². The number of fused-ring (bicyclic) bond motifs is 1. The first-order chi connectivity index (χ1) is 16.2. The Morgan fingerprint density at radius 2 is 1.88 bits per heavy atom. The molecule has 4 aromatic rings. The number of anilines is 3. The SMILES string of the molecule is Cc1ccc(N)c(CNc2nc(NC(C)CC(C)(C)O)nc3c2ncn3Cc2ccccc2)c1. The summed E-state index contributed by atoms with van der Waals surface area (Å²) in [6.45, 7) is 8.81. The summed E-state index contributed by atoms with van der Waals surface area (Å²) in [5.41, 5.74) is 10.9. The van der Waals surface area contributed by atoms with Crippen LogP contribution in [0.1, 0.15) is 43.9 Å². The van der Waals surface area contributed by atoms with Crippen molar-refractivity contribution >= 4 is 28.6 Å². The molecule has 0 fully saturated rings. The minimum Gasteiger partial charge on any atom is -0.398 e. The third-order valence-electron chi connectivity index (χ3n) is 5.59. The molecule has 8 heteroatoms. The van der Waals surface area contributed by atoms with E-state index in [2.05, 4.69) is 33.8 Å². The van der Waals surface area contributed by atoms with Crippen LogP contribution in [0.3, 0.4) is 0 Å². The van der Waals surface area contributed by atoms with Crippen molar-refractivity contribution in [2.75, 3.05) is 16.4 Å². The molecule has 5 N–H and O–H groups in total. The largest absolute Gasteiger partial charge is 0.398 e. The van der Waals surface area contributed by atoms with Crippen LogP contribution in [0, 0.1) is 6.92 Å². The third kappa shape index (κ3) is 5.82. The molecule has 8 nitrogen and oxygen atoms in total. The van der Waals surface area contributed by atoms with Gasteiger partial charge < -0.3 is 26.0 Å². The van der Waals surface area contributed by atoms with Crippen molar-refractivity contribution in [3.63, 3.8) is 0 Å². The lowest BCUT2D eigenvalue weighted by Crippen LogP contribution is -2.29. The Kier molecular flexibility index (Phi) is 6.70. The van der Waals surface area contributed by atoms with Gasteiger partial charge in [-0.1, -0.05) is 48.0 Å². The van der Waals surface area contributed by atoms with Crippen molar-refractivity contribution in [2.24, 2.45) is 0 Å². The maximum absolute atomic E-state index is 10.2. The van der Waals surface area contributed by atoms with Gasteiger partial charge in [0, 0.05) is 18.3 Å². The molecule has 0 spiro atoms. The zero-order chi connectivity index (χ0) is 24.3. The van der Waals surface area contributed by atoms with Crippen LogP contribution in [-0.2, 0) is 13.1 Å². The number of rotatable bonds is 9. The summed E-state index contributed by atoms with van der Waals surface area (Å²) in [7, 11) is 0. The molecule has 2 aromatic carbocycles. The number of hydrogen-bond acceptors (Lipinski definition) is 7. The van der Waals surface area contributed by atoms with Crippen LogP contribution < -0.4 is 16.4 Å². The summed E-state index contributed by atoms with van der Waals surface area (Å²) in [6.07, 6.45) is 2.35. The number of nitrogens with one attached hydrogen (secondary N) is 2. The van der Waals surface area contributed by atoms with Gasteiger partial charge in [0.1, 0.15) is 0 Å². The minimum atomic E-state index is -0.796. The number of aryl methyl sites for hydroxylation is 1. The number of nitrogen functional groups attached to an aromatic ring is 1. The molecule has 2 aromatic heterocycles. The second-order valence-corrected chi connectivity index (χ2v) is 9.54. The number of nitrogens with two attached hydrogens (primary N) is 1. The second kappa shape index (κ2) is 9.69. The maximum atomic E-state index is 10.2. The molecule has 0 amide bonds. The van der Waals surface area contributed by atoms with Gasteiger partial charge in [0.15, 0.2) is 17.0 Å². The van der Waals surface area contributed by atoms with Crippen LogP contribution in [0.5, 0.6) is 0 Å². The lowest BCUT2D eigenvalue weighted by Gasteiger charge is -2.23. The Balaban J connectivity index is 1.68. The van der Waals surface area contributed by atoms with Gasteiger partial charge in [0.05, 0.1) is 18.5 Å². The van der Waals surface area contributed by atoms with Crippen LogP contribution in [0.4, 0.5) is 17.5 Å². The standard InChI is InChI=1S/C26H33N7O/c1-17-10-11-21(27)20(12-17)14-28-23-22-24(32-25(31-23)30-18(2)13-26(3,4)34)33(16-29-22)15-19-8-6-5-7-9-19/h5-12,16,18,34H,13-15,27H2,1-4H3,(H2,28,30,31,32). The minimum absolute atomic E-state index is 0.0248. The summed E-state index contributed by atoms with van der Waals surface area (Å²) in [5.74, 6) is 1.12. The fraction of sp³-hybridized carbons (Fsp3) is 0.346. The van der Waals surface area contributed by atoms with Crippen LogP contribution in [0.15, 0.2) is 54.9 Å². The first-order valence-corrected chi connectivity index (χ1v) is 11.5. The summed E-state index contributed by atoms with van der Waals surface area (Å²) < 4.78 is 2.02. The van der Waals surface area contributed by atoms with Crippen molar-refractivity contribution in [2.45, 2.75) is 58.8 Å². The molecule has 0 saturated heterocycles. The van der Waals surface area contributed by atoms with Crippen LogP contribution in [0.25, 0.3) is 11.2 Å². The predicted molar refractivity (Wildman–Crippen MR) is 138 cm³/mol. The van der Waals surface area contributed by atoms with E-state index in [4.69, 9.17) is 15.7 Å². The smallest absolute Gasteiger partial charge is 0.226 e. The molecule has 0 aliphatic rings. The van der Waals surface area contributed by atoms with Crippen LogP contribution >= 0.6 is 0 Å². The Bertz CT molecular complexity index is 1260. The Hall–Kier alpha value is -3.65. The topological polar surface area (TPSA) is 114 Å². The van der Waals surface area contributed by atoms with Gasteiger partial charge in [-0.2, -0.15) is 9.97 Å². The number of nitrogens with zero attached hydrogens (tertiary/aromatic N) is 4. The predicted octanol–water partition coefficient (Wildman–Crippen LogP) is 4.34. The van der Waals surface area contributed by atoms with E-state index in [0.717, 1.165) is 28.0 Å². The van der Waals surface area contributed by atoms with E-state index in [9.17, 15) is 5.11 Å². The van der Waals surface area contributed by atoms with Crippen molar-refractivity contribution in [3.05, 3.63) is 71.5 Å². The second-order valence-electron chi connectivity index (χ2n) is 9.54. The molecule has 0 bridgehead atoms. The fourth-order valence-corrected chi connectivity index (χ4v) is 4.12. The molecular formula is C26H33N7O. The van der Waals surface area contributed by atoms with E-state index in [1.807, 2.05) is 48.7 Å². The summed E-state index contributed by atoms with van der Waals surface area (Å²) >= 11 is 0. The molecular weight excluding hydrogens is 426 g/mol. The third-order valence-corrected chi connectivity index (χ3v) is 5.59. The van der Waals surface area contributed by atoms with E-state index < -0.39 is 5.60 Å². The number of aromatic nitrogens is 4. The zero-order valence-electron chi connectivity index (χ0n) is 20.2. The van der Waals surface area contributed by atoms with Gasteiger partial charge in [0.2, 0.25) is 5.95 Å². The Morgan fingerprint density at radius 3 is 2.62 bits per heavy atom. The first kappa shape index (κ1) is 23.5.